The van der Waals surface area contributed by atoms with Gasteiger partial charge in [0.2, 0.25) is 5.95 Å². The molecule has 0 radical (unpaired) electrons. The van der Waals surface area contributed by atoms with Crippen LogP contribution in [0.4, 0.5) is 11.6 Å². The lowest BCUT2D eigenvalue weighted by Gasteiger charge is -2.22. The van der Waals surface area contributed by atoms with Gasteiger partial charge in [-0.25, -0.2) is 4.98 Å². The molecule has 2 aliphatic rings. The maximum Gasteiger partial charge on any atom is 0.260 e. The molecule has 43 heavy (non-hydrogen) atoms. The number of nitrogens with one attached hydrogen (secondary N) is 2. The average Bonchev–Trinajstić information content (AvgIpc) is 3.70. The maximum absolute atomic E-state index is 14.2. The van der Waals surface area contributed by atoms with Gasteiger partial charge in [0, 0.05) is 72.3 Å². The van der Waals surface area contributed by atoms with Gasteiger partial charge >= 0.3 is 0 Å². The first kappa shape index (κ1) is 28.4. The fourth-order valence-corrected chi connectivity index (χ4v) is 7.50. The first-order valence-electron chi connectivity index (χ1n) is 14.1. The number of fused-ring (bicyclic) bond motifs is 1. The van der Waals surface area contributed by atoms with Gasteiger partial charge in [-0.05, 0) is 47.9 Å². The van der Waals surface area contributed by atoms with Crippen LogP contribution in [0.5, 0.6) is 0 Å². The van der Waals surface area contributed by atoms with Gasteiger partial charge in [0.15, 0.2) is 0 Å². The lowest BCUT2D eigenvalue weighted by Crippen LogP contribution is -2.28. The van der Waals surface area contributed by atoms with Crippen molar-refractivity contribution in [2.45, 2.75) is 17.7 Å². The zero-order valence-corrected chi connectivity index (χ0v) is 25.7. The molecule has 2 fully saturated rings. The van der Waals surface area contributed by atoms with Crippen molar-refractivity contribution >= 4 is 57.6 Å². The molecule has 220 valence electrons. The minimum absolute atomic E-state index is 0.175. The van der Waals surface area contributed by atoms with Crippen LogP contribution < -0.4 is 16.2 Å². The molecular formula is C31H29Cl2N7O2S. The van der Waals surface area contributed by atoms with Crippen LogP contribution in [0.1, 0.15) is 23.3 Å². The van der Waals surface area contributed by atoms with Crippen molar-refractivity contribution in [1.82, 2.24) is 29.6 Å². The number of hydrogen-bond donors (Lipinski definition) is 2. The fourth-order valence-electron chi connectivity index (χ4n) is 5.68. The van der Waals surface area contributed by atoms with Gasteiger partial charge in [0.25, 0.3) is 5.56 Å². The molecule has 2 N–H and O–H groups in total. The van der Waals surface area contributed by atoms with E-state index < -0.39 is 0 Å². The second-order valence-corrected chi connectivity index (χ2v) is 12.9. The molecule has 0 spiro atoms. The predicted molar refractivity (Wildman–Crippen MR) is 174 cm³/mol. The Bertz CT molecular complexity index is 1840. The van der Waals surface area contributed by atoms with Crippen LogP contribution in [0.25, 0.3) is 33.3 Å². The van der Waals surface area contributed by atoms with Gasteiger partial charge in [-0.15, -0.1) is 0 Å². The van der Waals surface area contributed by atoms with E-state index in [9.17, 15) is 4.79 Å². The van der Waals surface area contributed by atoms with Crippen LogP contribution in [0.3, 0.4) is 0 Å². The van der Waals surface area contributed by atoms with Gasteiger partial charge in [0.1, 0.15) is 5.65 Å². The van der Waals surface area contributed by atoms with Crippen molar-refractivity contribution in [2.75, 3.05) is 37.4 Å². The number of aromatic nitrogens is 5. The van der Waals surface area contributed by atoms with E-state index >= 15 is 0 Å². The first-order valence-corrected chi connectivity index (χ1v) is 15.9. The van der Waals surface area contributed by atoms with Gasteiger partial charge in [0.05, 0.1) is 34.5 Å². The summed E-state index contributed by atoms with van der Waals surface area (Å²) in [6.07, 6.45) is 6.05. The Balaban J connectivity index is 1.27. The lowest BCUT2D eigenvalue weighted by atomic mass is 10.0. The van der Waals surface area contributed by atoms with Crippen LogP contribution in [0, 0.1) is 0 Å². The number of anilines is 2. The van der Waals surface area contributed by atoms with E-state index in [1.54, 1.807) is 27.7 Å². The van der Waals surface area contributed by atoms with Gasteiger partial charge in [-0.3, -0.25) is 14.0 Å². The Morgan fingerprint density at radius 2 is 1.91 bits per heavy atom. The summed E-state index contributed by atoms with van der Waals surface area (Å²) in [6, 6.07) is 13.6. The number of halogens is 2. The first-order chi connectivity index (χ1) is 20.9. The summed E-state index contributed by atoms with van der Waals surface area (Å²) in [5.74, 6) is 1.52. The maximum atomic E-state index is 14.2. The van der Waals surface area contributed by atoms with E-state index in [1.807, 2.05) is 49.3 Å². The highest BCUT2D eigenvalue weighted by Crippen LogP contribution is 2.39. The second-order valence-electron chi connectivity index (χ2n) is 10.8. The van der Waals surface area contributed by atoms with Crippen molar-refractivity contribution in [3.63, 3.8) is 0 Å². The third-order valence-corrected chi connectivity index (χ3v) is 9.74. The van der Waals surface area contributed by atoms with Crippen LogP contribution in [0.15, 0.2) is 65.8 Å². The zero-order chi connectivity index (χ0) is 29.5. The topological polar surface area (TPSA) is 98.9 Å². The molecule has 2 saturated heterocycles. The number of hydrogen-bond acceptors (Lipinski definition) is 8. The highest BCUT2D eigenvalue weighted by molar-refractivity contribution is 7.99. The standard InChI is InChI=1S/C31H29Cl2N7O2S/c1-39-16-21(14-36-39)19-11-25(32)28(26(33)12-19)24-10-20-13-35-31(38-29(20)40(30(24)41)23-6-8-42-17-23)37-22-4-2-18(3-5-22)27-15-34-7-9-43-27/h2-5,10-14,16,23,27,34H,6-9,15,17H2,1H3,(H,35,37,38). The number of nitrogens with zero attached hydrogens (tertiary/aromatic N) is 5. The minimum atomic E-state index is -0.228. The minimum Gasteiger partial charge on any atom is -0.379 e. The highest BCUT2D eigenvalue weighted by atomic mass is 35.5. The summed E-state index contributed by atoms with van der Waals surface area (Å²) in [5, 5.41) is 12.9. The quantitative estimate of drug-likeness (QED) is 0.226. The largest absolute Gasteiger partial charge is 0.379 e. The molecule has 0 saturated carbocycles. The number of thioether (sulfide) groups is 1. The smallest absolute Gasteiger partial charge is 0.260 e. The molecule has 9 nitrogen and oxygen atoms in total. The van der Waals surface area contributed by atoms with E-state index in [1.165, 1.54) is 5.56 Å². The Hall–Kier alpha value is -3.41. The molecule has 7 rings (SSSR count). The molecule has 2 atom stereocenters. The summed E-state index contributed by atoms with van der Waals surface area (Å²) in [4.78, 5) is 23.6. The van der Waals surface area contributed by atoms with E-state index in [0.29, 0.717) is 63.0 Å². The van der Waals surface area contributed by atoms with Gasteiger partial charge < -0.3 is 15.4 Å². The SMILES string of the molecule is Cn1cc(-c2cc(Cl)c(-c3cc4cnc(Nc5ccc(C6CNCCS6)cc5)nc4n(C4CCOC4)c3=O)c(Cl)c2)cn1. The van der Waals surface area contributed by atoms with Gasteiger partial charge in [-0.1, -0.05) is 35.3 Å². The Morgan fingerprint density at radius 1 is 1.09 bits per heavy atom. The Morgan fingerprint density at radius 3 is 2.58 bits per heavy atom. The molecule has 0 aliphatic carbocycles. The molecule has 5 aromatic rings. The molecule has 2 unspecified atom stereocenters. The molecule has 3 aromatic heterocycles. The number of rotatable bonds is 6. The third-order valence-electron chi connectivity index (χ3n) is 7.86. The van der Waals surface area contributed by atoms with Crippen molar-refractivity contribution in [1.29, 1.82) is 0 Å². The molecule has 5 heterocycles. The second kappa shape index (κ2) is 11.9. The number of aryl methyl sites for hydroxylation is 1. The summed E-state index contributed by atoms with van der Waals surface area (Å²) in [6.45, 7) is 3.02. The molecule has 0 amide bonds. The average molecular weight is 635 g/mol. The highest BCUT2D eigenvalue weighted by Gasteiger charge is 2.26. The monoisotopic (exact) mass is 633 g/mol. The molecule has 0 bridgehead atoms. The number of ether oxygens (including phenoxy) is 1. The third kappa shape index (κ3) is 5.65. The van der Waals surface area contributed by atoms with Crippen molar-refractivity contribution in [2.24, 2.45) is 7.05 Å². The lowest BCUT2D eigenvalue weighted by molar-refractivity contribution is 0.186. The van der Waals surface area contributed by atoms with Crippen molar-refractivity contribution in [3.8, 4) is 22.3 Å². The van der Waals surface area contributed by atoms with Crippen LogP contribution in [-0.2, 0) is 11.8 Å². The predicted octanol–water partition coefficient (Wildman–Crippen LogP) is 6.25. The van der Waals surface area contributed by atoms with Crippen molar-refractivity contribution < 1.29 is 4.74 Å². The van der Waals surface area contributed by atoms with E-state index in [-0.39, 0.29) is 11.6 Å². The van der Waals surface area contributed by atoms with E-state index in [0.717, 1.165) is 35.7 Å². The molecule has 2 aromatic carbocycles. The van der Waals surface area contributed by atoms with Gasteiger partial charge in [-0.2, -0.15) is 21.8 Å². The zero-order valence-electron chi connectivity index (χ0n) is 23.4. The molecule has 12 heteroatoms. The Labute approximate surface area is 262 Å². The van der Waals surface area contributed by atoms with Crippen LogP contribution >= 0.6 is 35.0 Å². The number of benzene rings is 2. The van der Waals surface area contributed by atoms with Crippen LogP contribution in [0.2, 0.25) is 10.0 Å². The summed E-state index contributed by atoms with van der Waals surface area (Å²) < 4.78 is 9.10. The normalized spacial score (nSPS) is 18.8. The van der Waals surface area contributed by atoms with Crippen LogP contribution in [-0.4, -0.2) is 56.4 Å². The molecule has 2 aliphatic heterocycles. The van der Waals surface area contributed by atoms with Crippen molar-refractivity contribution in [3.05, 3.63) is 87.0 Å². The number of pyridine rings is 1. The van der Waals surface area contributed by atoms with E-state index in [4.69, 9.17) is 32.9 Å². The summed E-state index contributed by atoms with van der Waals surface area (Å²) >= 11 is 15.6. The van der Waals surface area contributed by atoms with E-state index in [2.05, 4.69) is 32.8 Å². The summed E-state index contributed by atoms with van der Waals surface area (Å²) in [7, 11) is 1.85. The summed E-state index contributed by atoms with van der Waals surface area (Å²) in [5.41, 5.74) is 5.03. The fraction of sp³-hybridized carbons (Fsp3) is 0.290. The Kier molecular flexibility index (Phi) is 7.87. The molecular weight excluding hydrogens is 605 g/mol.